The van der Waals surface area contributed by atoms with Crippen LogP contribution >= 0.6 is 23.2 Å². The fraction of sp³-hybridized carbons (Fsp3) is 0.214. The molecule has 5 nitrogen and oxygen atoms in total. The van der Waals surface area contributed by atoms with Crippen molar-refractivity contribution in [1.82, 2.24) is 9.13 Å². The zero-order valence-electron chi connectivity index (χ0n) is 11.1. The number of halogens is 2. The first-order valence-corrected chi connectivity index (χ1v) is 6.91. The zero-order valence-corrected chi connectivity index (χ0v) is 12.6. The van der Waals surface area contributed by atoms with Crippen LogP contribution in [0.1, 0.15) is 18.1 Å². The highest BCUT2D eigenvalue weighted by Gasteiger charge is 2.11. The van der Waals surface area contributed by atoms with E-state index in [1.165, 1.54) is 10.8 Å². The molecule has 0 aliphatic heterocycles. The van der Waals surface area contributed by atoms with E-state index in [1.54, 1.807) is 31.2 Å². The minimum atomic E-state index is -0.613. The van der Waals surface area contributed by atoms with Crippen molar-refractivity contribution in [1.29, 1.82) is 5.26 Å². The molecule has 21 heavy (non-hydrogen) atoms. The molecule has 0 N–H and O–H groups in total. The van der Waals surface area contributed by atoms with Crippen molar-refractivity contribution < 1.29 is 0 Å². The van der Waals surface area contributed by atoms with Crippen LogP contribution < -0.4 is 11.2 Å². The molecule has 0 unspecified atom stereocenters. The SMILES string of the molecule is CCn1cc(C#N)c(=O)n(Cc2ccc(Cl)c(Cl)c2)c1=O. The molecule has 0 amide bonds. The minimum absolute atomic E-state index is 0.0318. The number of rotatable bonds is 3. The number of aromatic nitrogens is 2. The second-order valence-corrected chi connectivity index (χ2v) is 5.18. The summed E-state index contributed by atoms with van der Waals surface area (Å²) in [7, 11) is 0. The lowest BCUT2D eigenvalue weighted by Crippen LogP contribution is -2.40. The third-order valence-electron chi connectivity index (χ3n) is 3.02. The summed E-state index contributed by atoms with van der Waals surface area (Å²) in [6.07, 6.45) is 1.27. The van der Waals surface area contributed by atoms with E-state index < -0.39 is 11.2 Å². The van der Waals surface area contributed by atoms with Gasteiger partial charge < -0.3 is 0 Å². The monoisotopic (exact) mass is 323 g/mol. The highest BCUT2D eigenvalue weighted by Crippen LogP contribution is 2.22. The van der Waals surface area contributed by atoms with Gasteiger partial charge in [-0.2, -0.15) is 5.26 Å². The molecule has 2 aromatic rings. The van der Waals surface area contributed by atoms with Gasteiger partial charge in [0.15, 0.2) is 0 Å². The van der Waals surface area contributed by atoms with Gasteiger partial charge in [0.25, 0.3) is 5.56 Å². The Morgan fingerprint density at radius 2 is 1.95 bits per heavy atom. The summed E-state index contributed by atoms with van der Waals surface area (Å²) in [6, 6.07) is 6.66. The molecule has 1 aromatic carbocycles. The van der Waals surface area contributed by atoms with Gasteiger partial charge in [-0.05, 0) is 24.6 Å². The number of hydrogen-bond donors (Lipinski definition) is 0. The Hall–Kier alpha value is -2.03. The van der Waals surface area contributed by atoms with Gasteiger partial charge in [0, 0.05) is 12.7 Å². The van der Waals surface area contributed by atoms with Crippen molar-refractivity contribution in [3.8, 4) is 6.07 Å². The summed E-state index contributed by atoms with van der Waals surface area (Å²) in [4.78, 5) is 24.3. The van der Waals surface area contributed by atoms with Gasteiger partial charge in [0.1, 0.15) is 11.6 Å². The van der Waals surface area contributed by atoms with E-state index in [-0.39, 0.29) is 12.1 Å². The Labute approximate surface area is 130 Å². The topological polar surface area (TPSA) is 67.8 Å². The molecule has 1 aromatic heterocycles. The smallest absolute Gasteiger partial charge is 0.299 e. The van der Waals surface area contributed by atoms with Crippen LogP contribution in [0.4, 0.5) is 0 Å². The van der Waals surface area contributed by atoms with Crippen LogP contribution in [0, 0.1) is 11.3 Å². The van der Waals surface area contributed by atoms with Gasteiger partial charge in [-0.1, -0.05) is 29.3 Å². The van der Waals surface area contributed by atoms with E-state index in [2.05, 4.69) is 0 Å². The maximum Gasteiger partial charge on any atom is 0.331 e. The molecule has 1 heterocycles. The van der Waals surface area contributed by atoms with E-state index in [0.717, 1.165) is 4.57 Å². The largest absolute Gasteiger partial charge is 0.331 e. The number of nitriles is 1. The highest BCUT2D eigenvalue weighted by atomic mass is 35.5. The predicted molar refractivity (Wildman–Crippen MR) is 80.9 cm³/mol. The molecule has 0 atom stereocenters. The molecular formula is C14H11Cl2N3O2. The molecule has 0 aliphatic carbocycles. The average molecular weight is 324 g/mol. The van der Waals surface area contributed by atoms with Crippen molar-refractivity contribution in [2.24, 2.45) is 0 Å². The lowest BCUT2D eigenvalue weighted by molar-refractivity contribution is 0.597. The average Bonchev–Trinajstić information content (AvgIpc) is 2.47. The summed E-state index contributed by atoms with van der Waals surface area (Å²) in [5, 5.41) is 9.72. The predicted octanol–water partition coefficient (Wildman–Crippen LogP) is 2.26. The lowest BCUT2D eigenvalue weighted by atomic mass is 10.2. The molecule has 7 heteroatoms. The fourth-order valence-corrected chi connectivity index (χ4v) is 2.24. The maximum atomic E-state index is 12.2. The van der Waals surface area contributed by atoms with Gasteiger partial charge in [-0.3, -0.25) is 13.9 Å². The van der Waals surface area contributed by atoms with Crippen molar-refractivity contribution in [3.05, 3.63) is 66.4 Å². The molecular weight excluding hydrogens is 313 g/mol. The number of hydrogen-bond acceptors (Lipinski definition) is 3. The third kappa shape index (κ3) is 3.02. The van der Waals surface area contributed by atoms with Gasteiger partial charge in [-0.25, -0.2) is 4.79 Å². The second kappa shape index (κ2) is 6.17. The van der Waals surface area contributed by atoms with Crippen LogP contribution in [0.15, 0.2) is 34.0 Å². The van der Waals surface area contributed by atoms with Crippen LogP contribution in [0.3, 0.4) is 0 Å². The molecule has 0 saturated heterocycles. The number of aryl methyl sites for hydroxylation is 1. The van der Waals surface area contributed by atoms with Crippen LogP contribution in [0.5, 0.6) is 0 Å². The summed E-state index contributed by atoms with van der Waals surface area (Å²) in [6.45, 7) is 2.16. The lowest BCUT2D eigenvalue weighted by Gasteiger charge is -2.10. The summed E-state index contributed by atoms with van der Waals surface area (Å²) in [5.74, 6) is 0. The van der Waals surface area contributed by atoms with E-state index in [4.69, 9.17) is 28.5 Å². The Bertz CT molecular complexity index is 847. The van der Waals surface area contributed by atoms with Gasteiger partial charge in [0.05, 0.1) is 16.6 Å². The molecule has 0 radical (unpaired) electrons. The summed E-state index contributed by atoms with van der Waals surface area (Å²) in [5.41, 5.74) is -0.497. The van der Waals surface area contributed by atoms with Crippen molar-refractivity contribution in [2.45, 2.75) is 20.0 Å². The van der Waals surface area contributed by atoms with E-state index in [1.807, 2.05) is 0 Å². The van der Waals surface area contributed by atoms with Crippen LogP contribution in [-0.4, -0.2) is 9.13 Å². The molecule has 0 spiro atoms. The Morgan fingerprint density at radius 1 is 1.24 bits per heavy atom. The normalized spacial score (nSPS) is 10.4. The minimum Gasteiger partial charge on any atom is -0.299 e. The van der Waals surface area contributed by atoms with Gasteiger partial charge in [-0.15, -0.1) is 0 Å². The van der Waals surface area contributed by atoms with Crippen molar-refractivity contribution in [3.63, 3.8) is 0 Å². The Kier molecular flexibility index (Phi) is 4.51. The first kappa shape index (κ1) is 15.4. The fourth-order valence-electron chi connectivity index (χ4n) is 1.92. The molecule has 0 aliphatic rings. The summed E-state index contributed by atoms with van der Waals surface area (Å²) < 4.78 is 2.33. The van der Waals surface area contributed by atoms with Crippen LogP contribution in [-0.2, 0) is 13.1 Å². The van der Waals surface area contributed by atoms with Crippen LogP contribution in [0.25, 0.3) is 0 Å². The van der Waals surface area contributed by atoms with Gasteiger partial charge in [0.2, 0.25) is 0 Å². The maximum absolute atomic E-state index is 12.2. The third-order valence-corrected chi connectivity index (χ3v) is 3.76. The van der Waals surface area contributed by atoms with E-state index in [0.29, 0.717) is 22.2 Å². The quantitative estimate of drug-likeness (QED) is 0.870. The summed E-state index contributed by atoms with van der Waals surface area (Å²) >= 11 is 11.8. The molecule has 0 saturated carbocycles. The van der Waals surface area contributed by atoms with Crippen molar-refractivity contribution >= 4 is 23.2 Å². The van der Waals surface area contributed by atoms with E-state index in [9.17, 15) is 9.59 Å². The number of nitrogens with zero attached hydrogens (tertiary/aromatic N) is 3. The second-order valence-electron chi connectivity index (χ2n) is 4.36. The Morgan fingerprint density at radius 3 is 2.52 bits per heavy atom. The Balaban J connectivity index is 2.58. The van der Waals surface area contributed by atoms with Crippen LogP contribution in [0.2, 0.25) is 10.0 Å². The number of benzene rings is 1. The first-order chi connectivity index (χ1) is 9.97. The zero-order chi connectivity index (χ0) is 15.6. The highest BCUT2D eigenvalue weighted by molar-refractivity contribution is 6.42. The molecule has 0 bridgehead atoms. The first-order valence-electron chi connectivity index (χ1n) is 6.16. The van der Waals surface area contributed by atoms with E-state index >= 15 is 0 Å². The van der Waals surface area contributed by atoms with Crippen molar-refractivity contribution in [2.75, 3.05) is 0 Å². The molecule has 108 valence electrons. The van der Waals surface area contributed by atoms with Gasteiger partial charge >= 0.3 is 5.69 Å². The standard InChI is InChI=1S/C14H11Cl2N3O2/c1-2-18-8-10(6-17)13(20)19(14(18)21)7-9-3-4-11(15)12(16)5-9/h3-5,8H,2,7H2,1H3. The molecule has 0 fully saturated rings. The molecule has 2 rings (SSSR count).